The zero-order valence-corrected chi connectivity index (χ0v) is 17.1. The normalized spacial score (nSPS) is 13.1. The van der Waals surface area contributed by atoms with Gasteiger partial charge in [0.2, 0.25) is 0 Å². The highest BCUT2D eigenvalue weighted by atomic mass is 16.2. The van der Waals surface area contributed by atoms with Crippen LogP contribution in [0.25, 0.3) is 16.9 Å². The van der Waals surface area contributed by atoms with Gasteiger partial charge in [-0.05, 0) is 30.7 Å². The Hall–Kier alpha value is -4.00. The van der Waals surface area contributed by atoms with Crippen molar-refractivity contribution in [2.45, 2.75) is 19.9 Å². The van der Waals surface area contributed by atoms with Crippen molar-refractivity contribution in [3.8, 4) is 16.9 Å². The highest BCUT2D eigenvalue weighted by Crippen LogP contribution is 2.28. The molecule has 1 aliphatic heterocycles. The number of nitrogens with zero attached hydrogens (tertiary/aromatic N) is 4. The Labute approximate surface area is 179 Å². The molecule has 0 saturated heterocycles. The maximum absolute atomic E-state index is 13.5. The number of aryl methyl sites for hydroxylation is 1. The zero-order chi connectivity index (χ0) is 21.4. The van der Waals surface area contributed by atoms with Crippen LogP contribution in [0.5, 0.6) is 0 Å². The van der Waals surface area contributed by atoms with Gasteiger partial charge in [-0.25, -0.2) is 0 Å². The number of H-pyrrole nitrogens is 1. The minimum Gasteiger partial charge on any atom is -0.334 e. The number of hydrogen-bond donors (Lipinski definition) is 1. The van der Waals surface area contributed by atoms with Crippen molar-refractivity contribution < 1.29 is 4.79 Å². The Kier molecular flexibility index (Phi) is 4.71. The molecule has 0 radical (unpaired) electrons. The molecule has 1 N–H and O–H groups in total. The molecule has 0 atom stereocenters. The fourth-order valence-electron chi connectivity index (χ4n) is 4.05. The molecule has 0 fully saturated rings. The molecule has 7 nitrogen and oxygen atoms in total. The van der Waals surface area contributed by atoms with Crippen molar-refractivity contribution in [3.05, 3.63) is 99.9 Å². The molecule has 0 aliphatic carbocycles. The summed E-state index contributed by atoms with van der Waals surface area (Å²) < 4.78 is 1.47. The lowest BCUT2D eigenvalue weighted by atomic mass is 10.00. The number of rotatable bonds is 3. The quantitative estimate of drug-likeness (QED) is 0.561. The standard InChI is InChI=1S/C24H21N5O2/c1-16-9-13-29(18-8-5-11-25-14-18)24(31)21(16)23(30)28-12-10-20-19(15-28)22(27-26-20)17-6-3-2-4-7-17/h2-9,11,13-14H,10,12,15H2,1H3,(H,26,27). The largest absolute Gasteiger partial charge is 0.334 e. The Morgan fingerprint density at radius 2 is 1.94 bits per heavy atom. The first kappa shape index (κ1) is 19.0. The molecule has 31 heavy (non-hydrogen) atoms. The van der Waals surface area contributed by atoms with Crippen molar-refractivity contribution >= 4 is 5.91 Å². The lowest BCUT2D eigenvalue weighted by Gasteiger charge is -2.27. The molecule has 0 spiro atoms. The number of fused-ring (bicyclic) bond motifs is 1. The van der Waals surface area contributed by atoms with Crippen molar-refractivity contribution in [1.29, 1.82) is 0 Å². The molecule has 4 aromatic rings. The number of nitrogens with one attached hydrogen (secondary N) is 1. The van der Waals surface area contributed by atoms with Crippen LogP contribution in [0.1, 0.15) is 27.2 Å². The van der Waals surface area contributed by atoms with E-state index in [0.29, 0.717) is 30.8 Å². The summed E-state index contributed by atoms with van der Waals surface area (Å²) in [7, 11) is 0. The molecule has 3 aromatic heterocycles. The van der Waals surface area contributed by atoms with Gasteiger partial charge >= 0.3 is 0 Å². The summed E-state index contributed by atoms with van der Waals surface area (Å²) in [6.07, 6.45) is 5.61. The number of amides is 1. The SMILES string of the molecule is Cc1ccn(-c2cccnc2)c(=O)c1C(=O)N1CCc2[nH]nc(-c3ccccc3)c2C1. The third kappa shape index (κ3) is 3.34. The molecular formula is C24H21N5O2. The van der Waals surface area contributed by atoms with Crippen LogP contribution in [-0.4, -0.2) is 37.1 Å². The smallest absolute Gasteiger partial charge is 0.268 e. The van der Waals surface area contributed by atoms with Gasteiger partial charge in [-0.1, -0.05) is 30.3 Å². The van der Waals surface area contributed by atoms with Gasteiger partial charge in [-0.3, -0.25) is 24.2 Å². The van der Waals surface area contributed by atoms with Crippen LogP contribution in [0.15, 0.2) is 71.9 Å². The Balaban J connectivity index is 1.51. The maximum Gasteiger partial charge on any atom is 0.268 e. The Bertz CT molecular complexity index is 1310. The second-order valence-corrected chi connectivity index (χ2v) is 7.63. The van der Waals surface area contributed by atoms with E-state index < -0.39 is 0 Å². The summed E-state index contributed by atoms with van der Waals surface area (Å²) in [6, 6.07) is 15.3. The molecule has 1 aliphatic rings. The minimum absolute atomic E-state index is 0.194. The van der Waals surface area contributed by atoms with Gasteiger partial charge in [-0.15, -0.1) is 0 Å². The fourth-order valence-corrected chi connectivity index (χ4v) is 4.05. The average Bonchev–Trinajstić information content (AvgIpc) is 3.23. The van der Waals surface area contributed by atoms with Gasteiger partial charge in [0.25, 0.3) is 11.5 Å². The van der Waals surface area contributed by atoms with E-state index in [-0.39, 0.29) is 17.0 Å². The number of aromatic amines is 1. The van der Waals surface area contributed by atoms with Gasteiger partial charge in [-0.2, -0.15) is 5.10 Å². The maximum atomic E-state index is 13.5. The van der Waals surface area contributed by atoms with Gasteiger partial charge in [0, 0.05) is 48.7 Å². The molecule has 4 heterocycles. The third-order valence-electron chi connectivity index (χ3n) is 5.71. The van der Waals surface area contributed by atoms with Crippen LogP contribution in [0.3, 0.4) is 0 Å². The van der Waals surface area contributed by atoms with Crippen LogP contribution < -0.4 is 5.56 Å². The first-order valence-corrected chi connectivity index (χ1v) is 10.2. The van der Waals surface area contributed by atoms with Crippen LogP contribution in [0.2, 0.25) is 0 Å². The van der Waals surface area contributed by atoms with Crippen LogP contribution in [0, 0.1) is 6.92 Å². The molecule has 0 bridgehead atoms. The fraction of sp³-hybridized carbons (Fsp3) is 0.167. The average molecular weight is 411 g/mol. The van der Waals surface area contributed by atoms with E-state index in [4.69, 9.17) is 0 Å². The summed E-state index contributed by atoms with van der Waals surface area (Å²) in [5, 5.41) is 7.60. The van der Waals surface area contributed by atoms with Crippen molar-refractivity contribution in [2.75, 3.05) is 6.54 Å². The molecule has 154 valence electrons. The zero-order valence-electron chi connectivity index (χ0n) is 17.1. The first-order chi connectivity index (χ1) is 15.1. The van der Waals surface area contributed by atoms with Crippen LogP contribution in [0.4, 0.5) is 0 Å². The highest BCUT2D eigenvalue weighted by molar-refractivity contribution is 5.95. The second kappa shape index (κ2) is 7.68. The number of carbonyl (C=O) groups excluding carboxylic acids is 1. The van der Waals surface area contributed by atoms with E-state index in [1.807, 2.05) is 30.3 Å². The molecule has 0 saturated carbocycles. The Morgan fingerprint density at radius 1 is 1.10 bits per heavy atom. The number of benzene rings is 1. The molecule has 0 unspecified atom stereocenters. The number of carbonyl (C=O) groups is 1. The van der Waals surface area contributed by atoms with Crippen molar-refractivity contribution in [1.82, 2.24) is 24.6 Å². The second-order valence-electron chi connectivity index (χ2n) is 7.63. The molecule has 7 heteroatoms. The summed E-state index contributed by atoms with van der Waals surface area (Å²) in [6.45, 7) is 2.74. The lowest BCUT2D eigenvalue weighted by Crippen LogP contribution is -2.40. The molecular weight excluding hydrogens is 390 g/mol. The van der Waals surface area contributed by atoms with E-state index in [9.17, 15) is 9.59 Å². The van der Waals surface area contributed by atoms with E-state index in [2.05, 4.69) is 15.2 Å². The van der Waals surface area contributed by atoms with E-state index in [1.54, 1.807) is 48.6 Å². The van der Waals surface area contributed by atoms with Gasteiger partial charge in [0.05, 0.1) is 17.6 Å². The third-order valence-corrected chi connectivity index (χ3v) is 5.71. The lowest BCUT2D eigenvalue weighted by molar-refractivity contribution is 0.0731. The van der Waals surface area contributed by atoms with Crippen LogP contribution >= 0.6 is 0 Å². The van der Waals surface area contributed by atoms with Gasteiger partial charge in [0.1, 0.15) is 5.56 Å². The summed E-state index contributed by atoms with van der Waals surface area (Å²) >= 11 is 0. The summed E-state index contributed by atoms with van der Waals surface area (Å²) in [4.78, 5) is 32.5. The minimum atomic E-state index is -0.334. The predicted octanol–water partition coefficient (Wildman–Crippen LogP) is 3.13. The van der Waals surface area contributed by atoms with E-state index >= 15 is 0 Å². The van der Waals surface area contributed by atoms with Crippen LogP contribution in [-0.2, 0) is 13.0 Å². The van der Waals surface area contributed by atoms with Gasteiger partial charge < -0.3 is 4.90 Å². The number of pyridine rings is 2. The Morgan fingerprint density at radius 3 is 2.71 bits per heavy atom. The predicted molar refractivity (Wildman–Crippen MR) is 117 cm³/mol. The molecule has 5 rings (SSSR count). The van der Waals surface area contributed by atoms with Gasteiger partial charge in [0.15, 0.2) is 0 Å². The van der Waals surface area contributed by atoms with E-state index in [1.165, 1.54) is 4.57 Å². The highest BCUT2D eigenvalue weighted by Gasteiger charge is 2.29. The van der Waals surface area contributed by atoms with Crippen molar-refractivity contribution in [2.24, 2.45) is 0 Å². The summed E-state index contributed by atoms with van der Waals surface area (Å²) in [5.74, 6) is -0.258. The monoisotopic (exact) mass is 411 g/mol. The molecule has 1 amide bonds. The molecule has 1 aromatic carbocycles. The topological polar surface area (TPSA) is 83.9 Å². The first-order valence-electron chi connectivity index (χ1n) is 10.2. The van der Waals surface area contributed by atoms with E-state index in [0.717, 1.165) is 22.5 Å². The van der Waals surface area contributed by atoms with Crippen molar-refractivity contribution in [3.63, 3.8) is 0 Å². The number of aromatic nitrogens is 4. The number of hydrogen-bond acceptors (Lipinski definition) is 4. The summed E-state index contributed by atoms with van der Waals surface area (Å²) in [5.41, 5.74) is 5.06.